The van der Waals surface area contributed by atoms with Gasteiger partial charge in [0.15, 0.2) is 11.5 Å². The van der Waals surface area contributed by atoms with Gasteiger partial charge in [-0.15, -0.1) is 0 Å². The van der Waals surface area contributed by atoms with Crippen molar-refractivity contribution >= 4 is 23.6 Å². The van der Waals surface area contributed by atoms with Crippen LogP contribution in [0.5, 0.6) is 17.2 Å². The second kappa shape index (κ2) is 10.0. The van der Waals surface area contributed by atoms with Gasteiger partial charge in [-0.3, -0.25) is 4.79 Å². The molecule has 10 heteroatoms. The number of likely N-dealkylation sites (tertiary alicyclic amines) is 1. The molecule has 0 aromatic heterocycles. The van der Waals surface area contributed by atoms with Crippen molar-refractivity contribution in [3.8, 4) is 17.2 Å². The number of amides is 2. The van der Waals surface area contributed by atoms with Crippen molar-refractivity contribution in [1.82, 2.24) is 10.2 Å². The van der Waals surface area contributed by atoms with Crippen LogP contribution in [0.2, 0.25) is 5.02 Å². The summed E-state index contributed by atoms with van der Waals surface area (Å²) in [6, 6.07) is 1.52. The largest absolute Gasteiger partial charge is 0.491 e. The highest BCUT2D eigenvalue weighted by atomic mass is 35.5. The van der Waals surface area contributed by atoms with Crippen molar-refractivity contribution in [2.45, 2.75) is 38.9 Å². The Bertz CT molecular complexity index is 856. The first-order valence-electron chi connectivity index (χ1n) is 10.6. The quantitative estimate of drug-likeness (QED) is 0.706. The van der Waals surface area contributed by atoms with E-state index in [1.165, 1.54) is 13.2 Å². The van der Waals surface area contributed by atoms with Crippen LogP contribution in [0.1, 0.15) is 37.6 Å². The molecule has 0 bridgehead atoms. The third-order valence-electron chi connectivity index (χ3n) is 5.35. The van der Waals surface area contributed by atoms with Crippen LogP contribution in [0.4, 0.5) is 4.79 Å². The number of halogens is 1. The van der Waals surface area contributed by atoms with E-state index in [1.807, 2.05) is 20.8 Å². The first-order valence-corrected chi connectivity index (χ1v) is 11.0. The number of hydrogen-bond acceptors (Lipinski definition) is 7. The molecule has 1 N–H and O–H groups in total. The Morgan fingerprint density at radius 1 is 1.22 bits per heavy atom. The smallest absolute Gasteiger partial charge is 0.410 e. The summed E-state index contributed by atoms with van der Waals surface area (Å²) in [5.74, 6) is 0.687. The highest BCUT2D eigenvalue weighted by molar-refractivity contribution is 6.33. The molecule has 9 nitrogen and oxygen atoms in total. The minimum atomic E-state index is -0.560. The lowest BCUT2D eigenvalue weighted by molar-refractivity contribution is -0.0280. The highest BCUT2D eigenvalue weighted by Gasteiger charge is 2.34. The first kappa shape index (κ1) is 24.3. The second-order valence-electron chi connectivity index (χ2n) is 8.75. The second-order valence-corrected chi connectivity index (χ2v) is 9.16. The zero-order valence-electron chi connectivity index (χ0n) is 19.2. The minimum absolute atomic E-state index is 0.0318. The summed E-state index contributed by atoms with van der Waals surface area (Å²) in [4.78, 5) is 27.0. The normalized spacial score (nSPS) is 20.5. The van der Waals surface area contributed by atoms with Crippen molar-refractivity contribution in [3.05, 3.63) is 16.7 Å². The van der Waals surface area contributed by atoms with Crippen LogP contribution in [0, 0.1) is 5.92 Å². The number of ether oxygens (including phenoxy) is 5. The molecule has 0 radical (unpaired) electrons. The predicted molar refractivity (Wildman–Crippen MR) is 118 cm³/mol. The Labute approximate surface area is 193 Å². The summed E-state index contributed by atoms with van der Waals surface area (Å²) >= 11 is 6.29. The van der Waals surface area contributed by atoms with Crippen LogP contribution in [-0.2, 0) is 9.47 Å². The summed E-state index contributed by atoms with van der Waals surface area (Å²) in [6.07, 6.45) is 0.0715. The number of benzene rings is 1. The van der Waals surface area contributed by atoms with Crippen molar-refractivity contribution < 1.29 is 33.3 Å². The molecule has 1 aromatic rings. The molecule has 2 aliphatic heterocycles. The van der Waals surface area contributed by atoms with Gasteiger partial charge in [0, 0.05) is 26.1 Å². The Hall–Kier alpha value is -2.39. The summed E-state index contributed by atoms with van der Waals surface area (Å²) in [6.45, 7) is 7.46. The Balaban J connectivity index is 1.65. The Morgan fingerprint density at radius 3 is 2.53 bits per heavy atom. The molecule has 2 heterocycles. The number of methoxy groups -OCH3 is 2. The molecule has 1 aromatic carbocycles. The lowest BCUT2D eigenvalue weighted by atomic mass is 9.93. The van der Waals surface area contributed by atoms with Gasteiger partial charge in [-0.2, -0.15) is 0 Å². The van der Waals surface area contributed by atoms with E-state index in [4.69, 9.17) is 35.3 Å². The lowest BCUT2D eigenvalue weighted by Gasteiger charge is -2.38. The number of nitrogens with zero attached hydrogens (tertiary/aromatic N) is 1. The topological polar surface area (TPSA) is 95.6 Å². The first-order chi connectivity index (χ1) is 15.1. The number of piperidine rings is 1. The van der Waals surface area contributed by atoms with Gasteiger partial charge in [-0.1, -0.05) is 11.6 Å². The number of carbonyl (C=O) groups excluding carboxylic acids is 2. The molecular weight excluding hydrogens is 440 g/mol. The van der Waals surface area contributed by atoms with Gasteiger partial charge in [-0.05, 0) is 33.3 Å². The third-order valence-corrected chi connectivity index (χ3v) is 5.63. The Kier molecular flexibility index (Phi) is 7.61. The van der Waals surface area contributed by atoms with Crippen LogP contribution in [-0.4, -0.2) is 75.7 Å². The van der Waals surface area contributed by atoms with Crippen LogP contribution in [0.25, 0.3) is 0 Å². The SMILES string of the molecule is COc1c(Cl)cc(C(=O)NC[C@@H]2CCN(C(=O)OC(C)(C)C)CC2OC)c2c1OCCO2. The fraction of sp³-hybridized carbons (Fsp3) is 0.636. The molecule has 0 aliphatic carbocycles. The highest BCUT2D eigenvalue weighted by Crippen LogP contribution is 2.46. The summed E-state index contributed by atoms with van der Waals surface area (Å²) < 4.78 is 27.7. The standard InChI is InChI=1S/C22H31ClN2O7/c1-22(2,3)32-21(27)25-7-6-13(16(12-25)28-4)11-24-20(26)14-10-15(23)18(29-5)19-17(14)30-8-9-31-19/h10,13,16H,6-9,11-12H2,1-5H3,(H,24,26)/t13-,16?/m0/s1. The van der Waals surface area contributed by atoms with Crippen LogP contribution in [0.15, 0.2) is 6.07 Å². The van der Waals surface area contributed by atoms with E-state index in [1.54, 1.807) is 12.0 Å². The zero-order valence-corrected chi connectivity index (χ0v) is 19.9. The maximum Gasteiger partial charge on any atom is 0.410 e. The number of carbonyl (C=O) groups is 2. The molecule has 2 atom stereocenters. The third kappa shape index (κ3) is 5.50. The average molecular weight is 471 g/mol. The van der Waals surface area contributed by atoms with Crippen LogP contribution < -0.4 is 19.5 Å². The average Bonchev–Trinajstić information content (AvgIpc) is 2.75. The number of nitrogens with one attached hydrogen (secondary N) is 1. The summed E-state index contributed by atoms with van der Waals surface area (Å²) in [7, 11) is 3.08. The zero-order chi connectivity index (χ0) is 23.5. The van der Waals surface area contributed by atoms with Gasteiger partial charge < -0.3 is 33.9 Å². The molecule has 1 fully saturated rings. The van der Waals surface area contributed by atoms with Crippen LogP contribution >= 0.6 is 11.6 Å². The molecule has 1 saturated heterocycles. The molecule has 1 unspecified atom stereocenters. The van der Waals surface area contributed by atoms with Gasteiger partial charge in [0.25, 0.3) is 5.91 Å². The van der Waals surface area contributed by atoms with Crippen molar-refractivity contribution in [2.24, 2.45) is 5.92 Å². The van der Waals surface area contributed by atoms with E-state index < -0.39 is 5.60 Å². The van der Waals surface area contributed by atoms with E-state index in [0.717, 1.165) is 0 Å². The lowest BCUT2D eigenvalue weighted by Crippen LogP contribution is -2.51. The Morgan fingerprint density at radius 2 is 1.91 bits per heavy atom. The van der Waals surface area contributed by atoms with Crippen molar-refractivity contribution in [1.29, 1.82) is 0 Å². The molecule has 3 rings (SSSR count). The van der Waals surface area contributed by atoms with Crippen LogP contribution in [0.3, 0.4) is 0 Å². The van der Waals surface area contributed by atoms with Gasteiger partial charge >= 0.3 is 6.09 Å². The number of hydrogen-bond donors (Lipinski definition) is 1. The summed E-state index contributed by atoms with van der Waals surface area (Å²) in [5, 5.41) is 3.21. The van der Waals surface area contributed by atoms with E-state index in [9.17, 15) is 9.59 Å². The maximum absolute atomic E-state index is 13.0. The van der Waals surface area contributed by atoms with E-state index in [-0.39, 0.29) is 34.6 Å². The molecule has 0 spiro atoms. The van der Waals surface area contributed by atoms with Crippen molar-refractivity contribution in [3.63, 3.8) is 0 Å². The van der Waals surface area contributed by atoms with E-state index >= 15 is 0 Å². The van der Waals surface area contributed by atoms with E-state index in [2.05, 4.69) is 5.32 Å². The molecule has 32 heavy (non-hydrogen) atoms. The van der Waals surface area contributed by atoms with Gasteiger partial charge in [0.2, 0.25) is 5.75 Å². The van der Waals surface area contributed by atoms with Gasteiger partial charge in [0.05, 0.1) is 30.3 Å². The molecule has 178 valence electrons. The minimum Gasteiger partial charge on any atom is -0.491 e. The molecular formula is C22H31ClN2O7. The van der Waals surface area contributed by atoms with Gasteiger partial charge in [0.1, 0.15) is 18.8 Å². The maximum atomic E-state index is 13.0. The monoisotopic (exact) mass is 470 g/mol. The molecule has 2 aliphatic rings. The fourth-order valence-electron chi connectivity index (χ4n) is 3.79. The predicted octanol–water partition coefficient (Wildman–Crippen LogP) is 3.12. The fourth-order valence-corrected chi connectivity index (χ4v) is 4.06. The number of fused-ring (bicyclic) bond motifs is 1. The number of rotatable bonds is 5. The summed E-state index contributed by atoms with van der Waals surface area (Å²) in [5.41, 5.74) is -0.277. The van der Waals surface area contributed by atoms with E-state index in [0.29, 0.717) is 56.5 Å². The molecule has 0 saturated carbocycles. The molecule has 2 amide bonds. The van der Waals surface area contributed by atoms with Gasteiger partial charge in [-0.25, -0.2) is 4.79 Å². The van der Waals surface area contributed by atoms with Crippen molar-refractivity contribution in [2.75, 3.05) is 47.1 Å².